The van der Waals surface area contributed by atoms with E-state index in [-0.39, 0.29) is 5.92 Å². The van der Waals surface area contributed by atoms with E-state index >= 15 is 0 Å². The number of carbonyl (C=O) groups is 1. The maximum Gasteiger partial charge on any atom is 0.227 e. The molecule has 1 atom stereocenters. The van der Waals surface area contributed by atoms with Crippen molar-refractivity contribution in [2.75, 3.05) is 13.1 Å². The molecule has 3 heterocycles. The van der Waals surface area contributed by atoms with Crippen molar-refractivity contribution >= 4 is 17.2 Å². The predicted molar refractivity (Wildman–Crippen MR) is 111 cm³/mol. The molecular formula is C22H31N3O2S. The molecule has 1 aliphatic carbocycles. The summed E-state index contributed by atoms with van der Waals surface area (Å²) in [5, 5.41) is 8.16. The van der Waals surface area contributed by atoms with Crippen LogP contribution < -0.4 is 0 Å². The van der Waals surface area contributed by atoms with Gasteiger partial charge in [0.05, 0.1) is 0 Å². The minimum atomic E-state index is 0.238. The van der Waals surface area contributed by atoms with Crippen molar-refractivity contribution in [1.82, 2.24) is 15.0 Å². The Morgan fingerprint density at radius 2 is 2.11 bits per heavy atom. The SMILES string of the molecule is CC(C)C1CCC(C(=O)N2CCCC(Cc3nc(-c4ccsc4)no3)C2)CC1. The summed E-state index contributed by atoms with van der Waals surface area (Å²) in [6, 6.07) is 2.01. The van der Waals surface area contributed by atoms with Gasteiger partial charge < -0.3 is 9.42 Å². The molecule has 1 amide bonds. The van der Waals surface area contributed by atoms with E-state index in [9.17, 15) is 4.79 Å². The summed E-state index contributed by atoms with van der Waals surface area (Å²) < 4.78 is 5.48. The molecule has 2 fully saturated rings. The van der Waals surface area contributed by atoms with Gasteiger partial charge in [0.1, 0.15) is 0 Å². The molecular weight excluding hydrogens is 370 g/mol. The Kier molecular flexibility index (Phi) is 6.14. The van der Waals surface area contributed by atoms with Crippen molar-refractivity contribution in [1.29, 1.82) is 0 Å². The van der Waals surface area contributed by atoms with Crippen molar-refractivity contribution in [2.24, 2.45) is 23.7 Å². The molecule has 5 nitrogen and oxygen atoms in total. The van der Waals surface area contributed by atoms with Crippen LogP contribution in [0.1, 0.15) is 58.3 Å². The van der Waals surface area contributed by atoms with E-state index in [2.05, 4.69) is 28.9 Å². The van der Waals surface area contributed by atoms with E-state index in [1.165, 1.54) is 12.8 Å². The van der Waals surface area contributed by atoms with Crippen LogP contribution in [0.3, 0.4) is 0 Å². The number of thiophene rings is 1. The first-order valence-corrected chi connectivity index (χ1v) is 11.7. The van der Waals surface area contributed by atoms with Gasteiger partial charge in [-0.05, 0) is 67.7 Å². The smallest absolute Gasteiger partial charge is 0.227 e. The molecule has 0 bridgehead atoms. The first-order valence-electron chi connectivity index (χ1n) is 10.7. The Morgan fingerprint density at radius 1 is 1.29 bits per heavy atom. The minimum absolute atomic E-state index is 0.238. The van der Waals surface area contributed by atoms with Gasteiger partial charge in [-0.15, -0.1) is 0 Å². The summed E-state index contributed by atoms with van der Waals surface area (Å²) >= 11 is 1.63. The van der Waals surface area contributed by atoms with Gasteiger partial charge in [0.25, 0.3) is 0 Å². The lowest BCUT2D eigenvalue weighted by Crippen LogP contribution is -2.44. The molecule has 0 aromatic carbocycles. The van der Waals surface area contributed by atoms with Gasteiger partial charge in [-0.2, -0.15) is 16.3 Å². The number of aromatic nitrogens is 2. The number of hydrogen-bond donors (Lipinski definition) is 0. The predicted octanol–water partition coefficient (Wildman–Crippen LogP) is 5.04. The zero-order valence-corrected chi connectivity index (χ0v) is 17.8. The summed E-state index contributed by atoms with van der Waals surface area (Å²) in [5.41, 5.74) is 1.01. The molecule has 0 radical (unpaired) electrons. The average Bonchev–Trinajstić information content (AvgIpc) is 3.39. The van der Waals surface area contributed by atoms with Crippen LogP contribution in [0.15, 0.2) is 21.3 Å². The highest BCUT2D eigenvalue weighted by Crippen LogP contribution is 2.35. The Balaban J connectivity index is 1.31. The molecule has 152 valence electrons. The van der Waals surface area contributed by atoms with Gasteiger partial charge in [0.2, 0.25) is 17.6 Å². The van der Waals surface area contributed by atoms with E-state index in [1.807, 2.05) is 16.8 Å². The number of carbonyl (C=O) groups excluding carboxylic acids is 1. The topological polar surface area (TPSA) is 59.2 Å². The Bertz CT molecular complexity index is 763. The second-order valence-corrected chi connectivity index (χ2v) is 9.66. The summed E-state index contributed by atoms with van der Waals surface area (Å²) in [4.78, 5) is 19.7. The Labute approximate surface area is 171 Å². The van der Waals surface area contributed by atoms with Crippen LogP contribution >= 0.6 is 11.3 Å². The van der Waals surface area contributed by atoms with Crippen LogP contribution in [0.25, 0.3) is 11.4 Å². The van der Waals surface area contributed by atoms with Crippen LogP contribution in [0.4, 0.5) is 0 Å². The number of rotatable bonds is 5. The molecule has 2 aromatic rings. The van der Waals surface area contributed by atoms with Crippen molar-refractivity contribution < 1.29 is 9.32 Å². The first-order chi connectivity index (χ1) is 13.6. The van der Waals surface area contributed by atoms with Gasteiger partial charge in [0, 0.05) is 36.4 Å². The van der Waals surface area contributed by atoms with Crippen LogP contribution in [0, 0.1) is 23.7 Å². The molecule has 1 saturated carbocycles. The van der Waals surface area contributed by atoms with Gasteiger partial charge in [0.15, 0.2) is 0 Å². The number of likely N-dealkylation sites (tertiary alicyclic amines) is 1. The van der Waals surface area contributed by atoms with Crippen LogP contribution in [0.5, 0.6) is 0 Å². The lowest BCUT2D eigenvalue weighted by molar-refractivity contribution is -0.138. The van der Waals surface area contributed by atoms with E-state index in [1.54, 1.807) is 11.3 Å². The van der Waals surface area contributed by atoms with E-state index in [4.69, 9.17) is 4.52 Å². The highest BCUT2D eigenvalue weighted by Gasteiger charge is 2.33. The molecule has 28 heavy (non-hydrogen) atoms. The lowest BCUT2D eigenvalue weighted by Gasteiger charge is -2.37. The van der Waals surface area contributed by atoms with Gasteiger partial charge in [-0.25, -0.2) is 0 Å². The second-order valence-electron chi connectivity index (χ2n) is 8.88. The number of amides is 1. The van der Waals surface area contributed by atoms with Crippen molar-refractivity contribution in [3.05, 3.63) is 22.7 Å². The Hall–Kier alpha value is -1.69. The molecule has 0 spiro atoms. The number of nitrogens with zero attached hydrogens (tertiary/aromatic N) is 3. The van der Waals surface area contributed by atoms with Crippen LogP contribution in [0.2, 0.25) is 0 Å². The summed E-state index contributed by atoms with van der Waals surface area (Å²) in [6.07, 6.45) is 7.51. The molecule has 0 N–H and O–H groups in total. The molecule has 2 aromatic heterocycles. The van der Waals surface area contributed by atoms with Gasteiger partial charge in [-0.1, -0.05) is 19.0 Å². The van der Waals surface area contributed by atoms with Gasteiger partial charge >= 0.3 is 0 Å². The standard InChI is InChI=1S/C22H31N3O2S/c1-15(2)17-5-7-18(8-6-17)22(26)25-10-3-4-16(13-25)12-20-23-21(24-27-20)19-9-11-28-14-19/h9,11,14-18H,3-8,10,12-13H2,1-2H3. The molecule has 1 saturated heterocycles. The fraction of sp³-hybridized carbons (Fsp3) is 0.682. The summed E-state index contributed by atoms with van der Waals surface area (Å²) in [6.45, 7) is 6.36. The van der Waals surface area contributed by atoms with Crippen LogP contribution in [-0.4, -0.2) is 34.0 Å². The number of piperidine rings is 1. The molecule has 1 aliphatic heterocycles. The van der Waals surface area contributed by atoms with Gasteiger partial charge in [-0.3, -0.25) is 4.79 Å². The minimum Gasteiger partial charge on any atom is -0.342 e. The number of hydrogen-bond acceptors (Lipinski definition) is 5. The Morgan fingerprint density at radius 3 is 2.82 bits per heavy atom. The fourth-order valence-corrected chi connectivity index (χ4v) is 5.45. The molecule has 6 heteroatoms. The van der Waals surface area contributed by atoms with Crippen molar-refractivity contribution in [2.45, 2.75) is 58.8 Å². The fourth-order valence-electron chi connectivity index (χ4n) is 4.82. The zero-order valence-electron chi connectivity index (χ0n) is 17.0. The third-order valence-corrected chi connectivity index (χ3v) is 7.29. The quantitative estimate of drug-likeness (QED) is 0.704. The molecule has 1 unspecified atom stereocenters. The third-order valence-electron chi connectivity index (χ3n) is 6.61. The molecule has 4 rings (SSSR count). The van der Waals surface area contributed by atoms with Crippen LogP contribution in [-0.2, 0) is 11.2 Å². The maximum absolute atomic E-state index is 13.1. The van der Waals surface area contributed by atoms with E-state index in [0.29, 0.717) is 23.5 Å². The average molecular weight is 402 g/mol. The highest BCUT2D eigenvalue weighted by molar-refractivity contribution is 7.08. The molecule has 2 aliphatic rings. The van der Waals surface area contributed by atoms with E-state index < -0.39 is 0 Å². The zero-order chi connectivity index (χ0) is 19.5. The third kappa shape index (κ3) is 4.48. The normalized spacial score (nSPS) is 26.0. The lowest BCUT2D eigenvalue weighted by atomic mass is 9.76. The summed E-state index contributed by atoms with van der Waals surface area (Å²) in [5.74, 6) is 3.94. The first kappa shape index (κ1) is 19.6. The maximum atomic E-state index is 13.1. The largest absolute Gasteiger partial charge is 0.342 e. The highest BCUT2D eigenvalue weighted by atomic mass is 32.1. The van der Waals surface area contributed by atoms with Crippen molar-refractivity contribution in [3.63, 3.8) is 0 Å². The monoisotopic (exact) mass is 401 g/mol. The summed E-state index contributed by atoms with van der Waals surface area (Å²) in [7, 11) is 0. The van der Waals surface area contributed by atoms with Crippen molar-refractivity contribution in [3.8, 4) is 11.4 Å². The van der Waals surface area contributed by atoms with E-state index in [0.717, 1.165) is 62.6 Å². The second kappa shape index (κ2) is 8.76.